The predicted molar refractivity (Wildman–Crippen MR) is 144 cm³/mol. The van der Waals surface area contributed by atoms with Crippen LogP contribution in [0.4, 0.5) is 10.6 Å². The number of H-pyrrole nitrogens is 1. The Hall–Kier alpha value is -4.20. The van der Waals surface area contributed by atoms with Gasteiger partial charge in [-0.25, -0.2) is 9.78 Å². The molecule has 0 unspecified atom stereocenters. The van der Waals surface area contributed by atoms with E-state index in [2.05, 4.69) is 15.6 Å². The van der Waals surface area contributed by atoms with E-state index in [1.807, 2.05) is 87.5 Å². The smallest absolute Gasteiger partial charge is 0.321 e. The molecule has 0 aliphatic heterocycles. The summed E-state index contributed by atoms with van der Waals surface area (Å²) in [5.74, 6) is 0.736. The number of aromatic amines is 1. The summed E-state index contributed by atoms with van der Waals surface area (Å²) in [5.41, 5.74) is 3.84. The molecular formula is C29H32N6O2. The number of urea groups is 1. The molecule has 1 aliphatic carbocycles. The van der Waals surface area contributed by atoms with Gasteiger partial charge in [-0.1, -0.05) is 81.4 Å². The van der Waals surface area contributed by atoms with Crippen LogP contribution < -0.4 is 16.2 Å². The quantitative estimate of drug-likeness (QED) is 0.360. The van der Waals surface area contributed by atoms with E-state index < -0.39 is 0 Å². The van der Waals surface area contributed by atoms with E-state index in [1.54, 1.807) is 0 Å². The minimum atomic E-state index is -0.389. The van der Waals surface area contributed by atoms with Gasteiger partial charge in [0.1, 0.15) is 5.82 Å². The van der Waals surface area contributed by atoms with Crippen LogP contribution in [0.15, 0.2) is 71.5 Å². The lowest BCUT2D eigenvalue weighted by Gasteiger charge is -2.20. The van der Waals surface area contributed by atoms with Gasteiger partial charge in [0.25, 0.3) is 5.56 Å². The molecule has 0 radical (unpaired) electrons. The molecule has 1 aliphatic rings. The maximum atomic E-state index is 13.4. The van der Waals surface area contributed by atoms with Gasteiger partial charge in [-0.05, 0) is 36.8 Å². The van der Waals surface area contributed by atoms with Crippen LogP contribution in [0.3, 0.4) is 0 Å². The Morgan fingerprint density at radius 1 is 0.973 bits per heavy atom. The van der Waals surface area contributed by atoms with Crippen LogP contribution >= 0.6 is 0 Å². The number of nitrogens with one attached hydrogen (secondary N) is 3. The second-order valence-corrected chi connectivity index (χ2v) is 10.5. The highest BCUT2D eigenvalue weighted by molar-refractivity contribution is 5.89. The van der Waals surface area contributed by atoms with Crippen molar-refractivity contribution >= 4 is 11.8 Å². The van der Waals surface area contributed by atoms with E-state index in [0.717, 1.165) is 53.8 Å². The monoisotopic (exact) mass is 496 g/mol. The van der Waals surface area contributed by atoms with Crippen molar-refractivity contribution in [3.63, 3.8) is 0 Å². The topological polar surface area (TPSA) is 105 Å². The number of benzene rings is 2. The SMILES string of the molecule is CC(C)(C)c1cc(NC(=O)NC(c2ccccc2)c2ccccc2)n(-c2nc3c(c(=O)[nH]2)CCCC3)n1. The second-order valence-electron chi connectivity index (χ2n) is 10.5. The van der Waals surface area contributed by atoms with Crippen LogP contribution in [0.25, 0.3) is 5.95 Å². The number of fused-ring (bicyclic) bond motifs is 1. The Balaban J connectivity index is 1.49. The standard InChI is InChI=1S/C29H32N6O2/c1-29(2,3)23-18-24(35(34-23)27-30-22-17-11-10-16-21(22)26(36)33-27)31-28(37)32-25(19-12-6-4-7-13-19)20-14-8-5-9-15-20/h4-9,12-15,18,25H,10-11,16-17H2,1-3H3,(H,30,33,36)(H2,31,32,37). The molecule has 0 spiro atoms. The van der Waals surface area contributed by atoms with Gasteiger partial charge >= 0.3 is 6.03 Å². The molecule has 3 N–H and O–H groups in total. The number of carbonyl (C=O) groups excluding carboxylic acids is 1. The van der Waals surface area contributed by atoms with E-state index in [9.17, 15) is 9.59 Å². The molecule has 0 atom stereocenters. The van der Waals surface area contributed by atoms with Gasteiger partial charge in [0.15, 0.2) is 0 Å². The van der Waals surface area contributed by atoms with Crippen LogP contribution in [-0.4, -0.2) is 25.8 Å². The zero-order valence-corrected chi connectivity index (χ0v) is 21.4. The van der Waals surface area contributed by atoms with Crippen molar-refractivity contribution in [3.8, 4) is 5.95 Å². The molecule has 37 heavy (non-hydrogen) atoms. The van der Waals surface area contributed by atoms with E-state index in [4.69, 9.17) is 10.1 Å². The third-order valence-electron chi connectivity index (χ3n) is 6.64. The zero-order valence-electron chi connectivity index (χ0n) is 21.4. The molecule has 4 aromatic rings. The van der Waals surface area contributed by atoms with Crippen LogP contribution in [0, 0.1) is 0 Å². The summed E-state index contributed by atoms with van der Waals surface area (Å²) >= 11 is 0. The lowest BCUT2D eigenvalue weighted by molar-refractivity contribution is 0.250. The van der Waals surface area contributed by atoms with Crippen LogP contribution in [0.1, 0.15) is 67.7 Å². The van der Waals surface area contributed by atoms with Gasteiger partial charge in [-0.15, -0.1) is 0 Å². The van der Waals surface area contributed by atoms with Crippen molar-refractivity contribution in [2.75, 3.05) is 5.32 Å². The maximum Gasteiger partial charge on any atom is 0.321 e. The van der Waals surface area contributed by atoms with Crippen molar-refractivity contribution in [1.29, 1.82) is 0 Å². The summed E-state index contributed by atoms with van der Waals surface area (Å²) < 4.78 is 1.52. The fraction of sp³-hybridized carbons (Fsp3) is 0.310. The Bertz CT molecular complexity index is 1410. The Morgan fingerprint density at radius 2 is 1.59 bits per heavy atom. The number of anilines is 1. The molecule has 0 fully saturated rings. The summed E-state index contributed by atoms with van der Waals surface area (Å²) in [4.78, 5) is 33.8. The number of hydrogen-bond acceptors (Lipinski definition) is 4. The fourth-order valence-corrected chi connectivity index (χ4v) is 4.62. The Kier molecular flexibility index (Phi) is 6.65. The number of hydrogen-bond donors (Lipinski definition) is 3. The molecule has 2 heterocycles. The molecule has 0 saturated heterocycles. The second kappa shape index (κ2) is 10.0. The number of aryl methyl sites for hydroxylation is 1. The zero-order chi connectivity index (χ0) is 26.0. The first-order valence-electron chi connectivity index (χ1n) is 12.7. The van der Waals surface area contributed by atoms with E-state index in [0.29, 0.717) is 11.8 Å². The van der Waals surface area contributed by atoms with Gasteiger partial charge in [0.05, 0.1) is 17.4 Å². The highest BCUT2D eigenvalue weighted by Crippen LogP contribution is 2.27. The third-order valence-corrected chi connectivity index (χ3v) is 6.64. The largest absolute Gasteiger partial charge is 0.327 e. The van der Waals surface area contributed by atoms with Gasteiger partial charge in [-0.3, -0.25) is 15.1 Å². The van der Waals surface area contributed by atoms with Gasteiger partial charge < -0.3 is 5.32 Å². The minimum Gasteiger partial charge on any atom is -0.327 e. The fourth-order valence-electron chi connectivity index (χ4n) is 4.62. The summed E-state index contributed by atoms with van der Waals surface area (Å²) in [6.45, 7) is 6.15. The lowest BCUT2D eigenvalue weighted by Crippen LogP contribution is -2.34. The first-order valence-corrected chi connectivity index (χ1v) is 12.7. The van der Waals surface area contributed by atoms with Crippen LogP contribution in [0.2, 0.25) is 0 Å². The minimum absolute atomic E-state index is 0.142. The molecular weight excluding hydrogens is 464 g/mol. The van der Waals surface area contributed by atoms with Crippen molar-refractivity contribution < 1.29 is 4.79 Å². The first-order chi connectivity index (χ1) is 17.8. The number of aromatic nitrogens is 4. The van der Waals surface area contributed by atoms with Crippen molar-refractivity contribution in [2.24, 2.45) is 0 Å². The number of nitrogens with zero attached hydrogens (tertiary/aromatic N) is 3. The van der Waals surface area contributed by atoms with Crippen LogP contribution in [-0.2, 0) is 18.3 Å². The average molecular weight is 497 g/mol. The lowest BCUT2D eigenvalue weighted by atomic mass is 9.92. The normalized spacial score (nSPS) is 13.3. The van der Waals surface area contributed by atoms with Crippen molar-refractivity contribution in [1.82, 2.24) is 25.1 Å². The predicted octanol–water partition coefficient (Wildman–Crippen LogP) is 5.04. The molecule has 5 rings (SSSR count). The summed E-state index contributed by atoms with van der Waals surface area (Å²) in [6.07, 6.45) is 3.49. The summed E-state index contributed by atoms with van der Waals surface area (Å²) in [6, 6.07) is 20.8. The van der Waals surface area contributed by atoms with E-state index >= 15 is 0 Å². The maximum absolute atomic E-state index is 13.4. The molecule has 8 heteroatoms. The molecule has 0 saturated carbocycles. The molecule has 8 nitrogen and oxygen atoms in total. The van der Waals surface area contributed by atoms with Gasteiger partial charge in [-0.2, -0.15) is 9.78 Å². The average Bonchev–Trinajstić information content (AvgIpc) is 3.33. The summed E-state index contributed by atoms with van der Waals surface area (Å²) in [7, 11) is 0. The molecule has 2 amide bonds. The summed E-state index contributed by atoms with van der Waals surface area (Å²) in [5, 5.41) is 10.8. The number of carbonyl (C=O) groups is 1. The molecule has 2 aromatic heterocycles. The third kappa shape index (κ3) is 5.33. The molecule has 0 bridgehead atoms. The molecule has 2 aromatic carbocycles. The number of amides is 2. The van der Waals surface area contributed by atoms with Gasteiger partial charge in [0.2, 0.25) is 5.95 Å². The van der Waals surface area contributed by atoms with Crippen LogP contribution in [0.5, 0.6) is 0 Å². The Labute approximate surface area is 216 Å². The Morgan fingerprint density at radius 3 is 2.22 bits per heavy atom. The highest BCUT2D eigenvalue weighted by Gasteiger charge is 2.25. The highest BCUT2D eigenvalue weighted by atomic mass is 16.2. The van der Waals surface area contributed by atoms with E-state index in [-0.39, 0.29) is 23.0 Å². The number of rotatable bonds is 5. The van der Waals surface area contributed by atoms with Gasteiger partial charge in [0, 0.05) is 17.0 Å². The van der Waals surface area contributed by atoms with Crippen molar-refractivity contribution in [2.45, 2.75) is 57.9 Å². The van der Waals surface area contributed by atoms with Crippen molar-refractivity contribution in [3.05, 3.63) is 105 Å². The molecule has 190 valence electrons. The van der Waals surface area contributed by atoms with E-state index in [1.165, 1.54) is 4.68 Å². The first kappa shape index (κ1) is 24.5.